The van der Waals surface area contributed by atoms with Gasteiger partial charge in [0.25, 0.3) is 5.56 Å². The lowest BCUT2D eigenvalue weighted by Gasteiger charge is -2.40. The van der Waals surface area contributed by atoms with Crippen LogP contribution < -0.4 is 19.9 Å². The van der Waals surface area contributed by atoms with E-state index in [9.17, 15) is 4.79 Å². The summed E-state index contributed by atoms with van der Waals surface area (Å²) in [5.41, 5.74) is 2.21. The van der Waals surface area contributed by atoms with Gasteiger partial charge in [-0.3, -0.25) is 9.69 Å². The van der Waals surface area contributed by atoms with Crippen molar-refractivity contribution in [1.82, 2.24) is 30.1 Å². The van der Waals surface area contributed by atoms with Gasteiger partial charge in [0.1, 0.15) is 17.5 Å². The Kier molecular flexibility index (Phi) is 7.33. The van der Waals surface area contributed by atoms with Crippen molar-refractivity contribution in [2.24, 2.45) is 0 Å². The van der Waals surface area contributed by atoms with Crippen LogP contribution >= 0.6 is 0 Å². The Hall–Kier alpha value is -3.96. The smallest absolute Gasteiger partial charge is 0.253 e. The van der Waals surface area contributed by atoms with Crippen molar-refractivity contribution in [2.75, 3.05) is 59.0 Å². The van der Waals surface area contributed by atoms with Gasteiger partial charge in [0.05, 0.1) is 33.1 Å². The van der Waals surface area contributed by atoms with E-state index in [1.807, 2.05) is 42.5 Å². The monoisotopic (exact) mass is 505 g/mol. The predicted octanol–water partition coefficient (Wildman–Crippen LogP) is 2.09. The highest BCUT2D eigenvalue weighted by Crippen LogP contribution is 2.32. The molecule has 3 heterocycles. The summed E-state index contributed by atoms with van der Waals surface area (Å²) >= 11 is 0. The molecule has 1 saturated heterocycles. The molecule has 37 heavy (non-hydrogen) atoms. The van der Waals surface area contributed by atoms with Gasteiger partial charge in [0.15, 0.2) is 5.82 Å². The van der Waals surface area contributed by atoms with E-state index >= 15 is 0 Å². The van der Waals surface area contributed by atoms with Crippen LogP contribution in [0.1, 0.15) is 17.4 Å². The average Bonchev–Trinajstić information content (AvgIpc) is 3.40. The number of aromatic nitrogens is 5. The molecule has 11 nitrogen and oxygen atoms in total. The van der Waals surface area contributed by atoms with Crippen molar-refractivity contribution in [3.63, 3.8) is 0 Å². The van der Waals surface area contributed by atoms with Crippen molar-refractivity contribution in [2.45, 2.75) is 12.6 Å². The number of H-pyrrole nitrogens is 1. The maximum Gasteiger partial charge on any atom is 0.253 e. The van der Waals surface area contributed by atoms with E-state index in [4.69, 9.17) is 14.2 Å². The van der Waals surface area contributed by atoms with E-state index < -0.39 is 6.04 Å². The normalized spacial score (nSPS) is 15.2. The first kappa shape index (κ1) is 24.7. The van der Waals surface area contributed by atoms with Crippen molar-refractivity contribution < 1.29 is 14.2 Å². The van der Waals surface area contributed by atoms with Gasteiger partial charge < -0.3 is 24.1 Å². The maximum absolute atomic E-state index is 13.4. The lowest BCUT2D eigenvalue weighted by molar-refractivity contribution is 0.171. The zero-order valence-corrected chi connectivity index (χ0v) is 21.3. The largest absolute Gasteiger partial charge is 0.497 e. The second-order valence-corrected chi connectivity index (χ2v) is 8.86. The standard InChI is InChI=1S/C26H31N7O4/c1-35-15-14-33-25(28-29-30-33)24(20-17-18-16-19(36-2)8-9-21(18)27-26(20)34)32-12-10-31(11-13-32)22-6-4-5-7-23(22)37-3/h4-9,16-17,24H,10-15H2,1-3H3,(H,27,34)/t24-/m1/s1. The van der Waals surface area contributed by atoms with E-state index in [1.54, 1.807) is 26.0 Å². The number of hydrogen-bond acceptors (Lipinski definition) is 9. The Balaban J connectivity index is 1.52. The van der Waals surface area contributed by atoms with Crippen LogP contribution in [0.5, 0.6) is 11.5 Å². The SMILES string of the molecule is COCCn1nnnc1[C@@H](c1cc2cc(OC)ccc2[nH]c1=O)N1CCN(c2ccccc2OC)CC1. The Morgan fingerprint density at radius 3 is 2.57 bits per heavy atom. The van der Waals surface area contributed by atoms with Crippen LogP contribution in [0.3, 0.4) is 0 Å². The van der Waals surface area contributed by atoms with Gasteiger partial charge in [-0.05, 0) is 46.8 Å². The number of anilines is 1. The summed E-state index contributed by atoms with van der Waals surface area (Å²) in [6.45, 7) is 3.87. The highest BCUT2D eigenvalue weighted by molar-refractivity contribution is 5.80. The van der Waals surface area contributed by atoms with Gasteiger partial charge in [-0.1, -0.05) is 12.1 Å². The predicted molar refractivity (Wildman–Crippen MR) is 139 cm³/mol. The lowest BCUT2D eigenvalue weighted by atomic mass is 10.0. The van der Waals surface area contributed by atoms with Crippen LogP contribution in [0.4, 0.5) is 5.69 Å². The molecule has 1 atom stereocenters. The second kappa shape index (κ2) is 11.0. The minimum Gasteiger partial charge on any atom is -0.497 e. The zero-order valence-electron chi connectivity index (χ0n) is 21.3. The first-order valence-corrected chi connectivity index (χ1v) is 12.2. The molecule has 1 aliphatic heterocycles. The third kappa shape index (κ3) is 5.00. The molecule has 0 aliphatic carbocycles. The zero-order chi connectivity index (χ0) is 25.8. The van der Waals surface area contributed by atoms with Gasteiger partial charge in [0.2, 0.25) is 0 Å². The number of rotatable bonds is 9. The molecular weight excluding hydrogens is 474 g/mol. The van der Waals surface area contributed by atoms with Crippen LogP contribution in [-0.2, 0) is 11.3 Å². The summed E-state index contributed by atoms with van der Waals surface area (Å²) in [5, 5.41) is 13.4. The number of methoxy groups -OCH3 is 3. The fourth-order valence-electron chi connectivity index (χ4n) is 4.89. The first-order chi connectivity index (χ1) is 18.1. The number of aromatic amines is 1. The highest BCUT2D eigenvalue weighted by Gasteiger charge is 2.33. The highest BCUT2D eigenvalue weighted by atomic mass is 16.5. The molecule has 194 valence electrons. The molecule has 4 aromatic rings. The Bertz CT molecular complexity index is 1410. The molecule has 2 aromatic heterocycles. The molecule has 2 aromatic carbocycles. The van der Waals surface area contributed by atoms with Crippen molar-refractivity contribution in [3.05, 3.63) is 70.3 Å². The molecule has 1 aliphatic rings. The number of benzene rings is 2. The third-order valence-electron chi connectivity index (χ3n) is 6.79. The number of nitrogens with one attached hydrogen (secondary N) is 1. The maximum atomic E-state index is 13.4. The van der Waals surface area contributed by atoms with Gasteiger partial charge in [-0.15, -0.1) is 5.10 Å². The molecule has 0 unspecified atom stereocenters. The van der Waals surface area contributed by atoms with Crippen molar-refractivity contribution in [3.8, 4) is 11.5 Å². The van der Waals surface area contributed by atoms with Crippen LogP contribution in [0, 0.1) is 0 Å². The Labute approximate surface area is 214 Å². The number of fused-ring (bicyclic) bond motifs is 1. The summed E-state index contributed by atoms with van der Waals surface area (Å²) in [6, 6.07) is 15.1. The van der Waals surface area contributed by atoms with E-state index in [1.165, 1.54) is 0 Å². The number of ether oxygens (including phenoxy) is 3. The number of hydrogen-bond donors (Lipinski definition) is 1. The summed E-state index contributed by atoms with van der Waals surface area (Å²) in [7, 11) is 4.95. The Morgan fingerprint density at radius 1 is 1.00 bits per heavy atom. The molecule has 11 heteroatoms. The molecule has 0 bridgehead atoms. The fourth-order valence-corrected chi connectivity index (χ4v) is 4.89. The molecule has 0 spiro atoms. The molecule has 0 amide bonds. The number of nitrogens with zero attached hydrogens (tertiary/aromatic N) is 6. The molecule has 0 saturated carbocycles. The van der Waals surface area contributed by atoms with Gasteiger partial charge >= 0.3 is 0 Å². The van der Waals surface area contributed by atoms with E-state index in [0.29, 0.717) is 37.6 Å². The number of pyridine rings is 1. The van der Waals surface area contributed by atoms with Gasteiger partial charge in [0, 0.05) is 49.8 Å². The van der Waals surface area contributed by atoms with Gasteiger partial charge in [-0.2, -0.15) is 0 Å². The van der Waals surface area contributed by atoms with E-state index in [-0.39, 0.29) is 5.56 Å². The summed E-state index contributed by atoms with van der Waals surface area (Å²) in [6.07, 6.45) is 0. The second-order valence-electron chi connectivity index (χ2n) is 8.86. The minimum absolute atomic E-state index is 0.170. The quantitative estimate of drug-likeness (QED) is 0.366. The fraction of sp³-hybridized carbons (Fsp3) is 0.385. The summed E-state index contributed by atoms with van der Waals surface area (Å²) < 4.78 is 18.0. The first-order valence-electron chi connectivity index (χ1n) is 12.2. The summed E-state index contributed by atoms with van der Waals surface area (Å²) in [5.74, 6) is 2.17. The van der Waals surface area contributed by atoms with Crippen molar-refractivity contribution >= 4 is 16.6 Å². The van der Waals surface area contributed by atoms with Gasteiger partial charge in [-0.25, -0.2) is 4.68 Å². The number of tetrazole rings is 1. The molecule has 5 rings (SSSR count). The van der Waals surface area contributed by atoms with Crippen LogP contribution in [0.15, 0.2) is 53.3 Å². The average molecular weight is 506 g/mol. The van der Waals surface area contributed by atoms with Crippen LogP contribution in [0.25, 0.3) is 10.9 Å². The molecule has 1 N–H and O–H groups in total. The number of para-hydroxylation sites is 2. The molecular formula is C26H31N7O4. The summed E-state index contributed by atoms with van der Waals surface area (Å²) in [4.78, 5) is 21.0. The Morgan fingerprint density at radius 2 is 1.81 bits per heavy atom. The van der Waals surface area contributed by atoms with Crippen LogP contribution in [0.2, 0.25) is 0 Å². The lowest BCUT2D eigenvalue weighted by Crippen LogP contribution is -2.49. The topological polar surface area (TPSA) is 111 Å². The van der Waals surface area contributed by atoms with Crippen molar-refractivity contribution in [1.29, 1.82) is 0 Å². The minimum atomic E-state index is -0.439. The van der Waals surface area contributed by atoms with E-state index in [2.05, 4.69) is 36.4 Å². The molecule has 0 radical (unpaired) electrons. The molecule has 1 fully saturated rings. The van der Waals surface area contributed by atoms with Crippen LogP contribution in [-0.4, -0.2) is 84.2 Å². The third-order valence-corrected chi connectivity index (χ3v) is 6.79. The van der Waals surface area contributed by atoms with E-state index in [0.717, 1.165) is 41.2 Å². The number of piperazine rings is 1.